The molecule has 4 rings (SSSR count). The van der Waals surface area contributed by atoms with E-state index in [4.69, 9.17) is 9.97 Å². The number of pyridine rings is 1. The van der Waals surface area contributed by atoms with Gasteiger partial charge < -0.3 is 15.0 Å². The minimum absolute atomic E-state index is 0.229. The maximum absolute atomic E-state index is 13.0. The number of imidazole rings is 1. The number of halogens is 1. The van der Waals surface area contributed by atoms with Gasteiger partial charge in [-0.05, 0) is 60.5 Å². The van der Waals surface area contributed by atoms with Gasteiger partial charge >= 0.3 is 0 Å². The number of aromatic nitrogens is 3. The van der Waals surface area contributed by atoms with Crippen molar-refractivity contribution in [2.45, 2.75) is 26.4 Å². The summed E-state index contributed by atoms with van der Waals surface area (Å²) in [6.45, 7) is 3.47. The molecule has 0 aliphatic carbocycles. The summed E-state index contributed by atoms with van der Waals surface area (Å²) in [4.78, 5) is 9.51. The number of hydrogen-bond acceptors (Lipinski definition) is 4. The Morgan fingerprint density at radius 3 is 2.43 bits per heavy atom. The first-order valence-electron chi connectivity index (χ1n) is 9.29. The Morgan fingerprint density at radius 2 is 1.71 bits per heavy atom. The van der Waals surface area contributed by atoms with Gasteiger partial charge in [0.2, 0.25) is 0 Å². The Labute approximate surface area is 162 Å². The number of aryl methyl sites for hydroxylation is 1. The van der Waals surface area contributed by atoms with Crippen LogP contribution >= 0.6 is 0 Å². The van der Waals surface area contributed by atoms with Crippen LogP contribution in [0.3, 0.4) is 0 Å². The molecule has 0 saturated heterocycles. The Morgan fingerprint density at radius 1 is 0.964 bits per heavy atom. The van der Waals surface area contributed by atoms with Crippen LogP contribution in [0.2, 0.25) is 0 Å². The van der Waals surface area contributed by atoms with Crippen molar-refractivity contribution in [2.24, 2.45) is 0 Å². The first-order chi connectivity index (χ1) is 13.6. The van der Waals surface area contributed by atoms with Crippen molar-refractivity contribution in [1.29, 1.82) is 0 Å². The van der Waals surface area contributed by atoms with Crippen molar-refractivity contribution in [2.75, 3.05) is 5.32 Å². The second-order valence-electron chi connectivity index (χ2n) is 6.65. The second kappa shape index (κ2) is 7.68. The molecule has 2 aromatic heterocycles. The fraction of sp³-hybridized carbons (Fsp3) is 0.182. The molecule has 0 fully saturated rings. The van der Waals surface area contributed by atoms with E-state index in [1.54, 1.807) is 24.3 Å². The van der Waals surface area contributed by atoms with Crippen LogP contribution in [0.5, 0.6) is 5.75 Å². The van der Waals surface area contributed by atoms with Gasteiger partial charge in [0, 0.05) is 18.7 Å². The maximum Gasteiger partial charge on any atom is 0.162 e. The molecule has 0 saturated carbocycles. The van der Waals surface area contributed by atoms with Crippen molar-refractivity contribution in [3.63, 3.8) is 0 Å². The number of aromatic hydroxyl groups is 1. The number of nitrogens with one attached hydrogen (secondary N) is 1. The largest absolute Gasteiger partial charge is 0.508 e. The van der Waals surface area contributed by atoms with Crippen molar-refractivity contribution in [3.8, 4) is 17.1 Å². The molecular weight excluding hydrogens is 355 g/mol. The first kappa shape index (κ1) is 18.0. The summed E-state index contributed by atoms with van der Waals surface area (Å²) in [6, 6.07) is 17.3. The molecule has 0 spiro atoms. The van der Waals surface area contributed by atoms with E-state index in [2.05, 4.69) is 16.8 Å². The Hall–Kier alpha value is -3.41. The summed E-state index contributed by atoms with van der Waals surface area (Å²) < 4.78 is 15.2. The third-order valence-electron chi connectivity index (χ3n) is 4.55. The summed E-state index contributed by atoms with van der Waals surface area (Å²) in [5, 5.41) is 12.8. The molecule has 0 radical (unpaired) electrons. The number of rotatable bonds is 6. The molecule has 142 valence electrons. The van der Waals surface area contributed by atoms with E-state index in [9.17, 15) is 9.50 Å². The van der Waals surface area contributed by atoms with E-state index < -0.39 is 0 Å². The zero-order valence-electron chi connectivity index (χ0n) is 15.6. The molecule has 0 bridgehead atoms. The van der Waals surface area contributed by atoms with Gasteiger partial charge in [0.05, 0.1) is 0 Å². The van der Waals surface area contributed by atoms with E-state index in [-0.39, 0.29) is 11.6 Å². The molecule has 6 heteroatoms. The predicted molar refractivity (Wildman–Crippen MR) is 109 cm³/mol. The molecular formula is C22H21FN4O. The van der Waals surface area contributed by atoms with Crippen LogP contribution in [0.4, 0.5) is 10.2 Å². The van der Waals surface area contributed by atoms with Gasteiger partial charge in [-0.15, -0.1) is 0 Å². The Bertz CT molecular complexity index is 1090. The summed E-state index contributed by atoms with van der Waals surface area (Å²) in [5.41, 5.74) is 3.55. The maximum atomic E-state index is 13.0. The molecule has 0 atom stereocenters. The molecule has 0 unspecified atom stereocenters. The molecule has 28 heavy (non-hydrogen) atoms. The first-order valence-corrected chi connectivity index (χ1v) is 9.29. The van der Waals surface area contributed by atoms with Crippen LogP contribution in [0, 0.1) is 5.82 Å². The van der Waals surface area contributed by atoms with Gasteiger partial charge in [-0.3, -0.25) is 0 Å². The monoisotopic (exact) mass is 376 g/mol. The minimum atomic E-state index is -0.242. The lowest BCUT2D eigenvalue weighted by Crippen LogP contribution is -2.04. The van der Waals surface area contributed by atoms with E-state index in [0.717, 1.165) is 46.9 Å². The number of phenols is 1. The van der Waals surface area contributed by atoms with Crippen LogP contribution in [0.25, 0.3) is 22.6 Å². The number of benzene rings is 2. The number of hydrogen-bond donors (Lipinski definition) is 2. The van der Waals surface area contributed by atoms with E-state index >= 15 is 0 Å². The number of anilines is 1. The molecule has 0 amide bonds. The molecule has 4 aromatic rings. The van der Waals surface area contributed by atoms with E-state index in [1.807, 2.05) is 24.3 Å². The molecule has 2 heterocycles. The van der Waals surface area contributed by atoms with Gasteiger partial charge in [-0.1, -0.05) is 19.1 Å². The third-order valence-corrected chi connectivity index (χ3v) is 4.55. The molecule has 0 aliphatic heterocycles. The van der Waals surface area contributed by atoms with E-state index in [0.29, 0.717) is 6.54 Å². The number of phenolic OH excluding ortho intramolecular Hbond substituents is 1. The zero-order valence-corrected chi connectivity index (χ0v) is 15.6. The Balaban J connectivity index is 1.66. The van der Waals surface area contributed by atoms with Gasteiger partial charge in [-0.2, -0.15) is 0 Å². The molecule has 2 N–H and O–H groups in total. The summed E-state index contributed by atoms with van der Waals surface area (Å²) >= 11 is 0. The fourth-order valence-corrected chi connectivity index (χ4v) is 3.16. The van der Waals surface area contributed by atoms with Crippen LogP contribution < -0.4 is 5.32 Å². The normalized spacial score (nSPS) is 11.1. The SMILES string of the molecule is CCCn1c(-c2ccc(O)cc2)nc2ccc(NCc3ccc(F)cc3)nc21. The summed E-state index contributed by atoms with van der Waals surface area (Å²) in [6.07, 6.45) is 0.950. The van der Waals surface area contributed by atoms with Gasteiger partial charge in [0.15, 0.2) is 5.65 Å². The van der Waals surface area contributed by atoms with Gasteiger partial charge in [-0.25, -0.2) is 14.4 Å². The zero-order chi connectivity index (χ0) is 19.5. The average molecular weight is 376 g/mol. The lowest BCUT2D eigenvalue weighted by molar-refractivity contribution is 0.475. The van der Waals surface area contributed by atoms with Crippen molar-refractivity contribution < 1.29 is 9.50 Å². The van der Waals surface area contributed by atoms with Crippen LogP contribution in [0.1, 0.15) is 18.9 Å². The number of fused-ring (bicyclic) bond motifs is 1. The highest BCUT2D eigenvalue weighted by Crippen LogP contribution is 2.26. The molecule has 0 aliphatic rings. The van der Waals surface area contributed by atoms with Crippen molar-refractivity contribution >= 4 is 17.0 Å². The van der Waals surface area contributed by atoms with Gasteiger partial charge in [0.1, 0.15) is 28.7 Å². The van der Waals surface area contributed by atoms with Crippen molar-refractivity contribution in [3.05, 3.63) is 72.0 Å². The predicted octanol–water partition coefficient (Wildman–Crippen LogP) is 4.97. The Kier molecular flexibility index (Phi) is 4.93. The van der Waals surface area contributed by atoms with Gasteiger partial charge in [0.25, 0.3) is 0 Å². The smallest absolute Gasteiger partial charge is 0.162 e. The molecule has 2 aromatic carbocycles. The molecule has 5 nitrogen and oxygen atoms in total. The average Bonchev–Trinajstić information content (AvgIpc) is 3.06. The third kappa shape index (κ3) is 3.67. The lowest BCUT2D eigenvalue weighted by Gasteiger charge is -2.09. The highest BCUT2D eigenvalue weighted by molar-refractivity contribution is 5.79. The van der Waals surface area contributed by atoms with Crippen LogP contribution in [-0.2, 0) is 13.1 Å². The highest BCUT2D eigenvalue weighted by Gasteiger charge is 2.14. The quantitative estimate of drug-likeness (QED) is 0.499. The number of nitrogens with zero attached hydrogens (tertiary/aromatic N) is 3. The van der Waals surface area contributed by atoms with Crippen LogP contribution in [0.15, 0.2) is 60.7 Å². The van der Waals surface area contributed by atoms with Crippen molar-refractivity contribution in [1.82, 2.24) is 14.5 Å². The van der Waals surface area contributed by atoms with E-state index in [1.165, 1.54) is 12.1 Å². The fourth-order valence-electron chi connectivity index (χ4n) is 3.16. The summed E-state index contributed by atoms with van der Waals surface area (Å²) in [5.74, 6) is 1.56. The van der Waals surface area contributed by atoms with Crippen LogP contribution in [-0.4, -0.2) is 19.6 Å². The highest BCUT2D eigenvalue weighted by atomic mass is 19.1. The minimum Gasteiger partial charge on any atom is -0.508 e. The topological polar surface area (TPSA) is 63.0 Å². The second-order valence-corrected chi connectivity index (χ2v) is 6.65. The summed E-state index contributed by atoms with van der Waals surface area (Å²) in [7, 11) is 0. The standard InChI is InChI=1S/C22H21FN4O/c1-2-13-27-21(16-5-9-18(28)10-6-16)25-19-11-12-20(26-22(19)27)24-14-15-3-7-17(23)8-4-15/h3-12,28H,2,13-14H2,1H3,(H,24,26). The lowest BCUT2D eigenvalue weighted by atomic mass is 10.2.